The second-order valence-electron chi connectivity index (χ2n) is 3.91. The van der Waals surface area contributed by atoms with Gasteiger partial charge >= 0.3 is 0 Å². The van der Waals surface area contributed by atoms with Crippen LogP contribution in [0.3, 0.4) is 0 Å². The Bertz CT molecular complexity index is 375. The van der Waals surface area contributed by atoms with E-state index in [9.17, 15) is 4.79 Å². The summed E-state index contributed by atoms with van der Waals surface area (Å²) in [5.74, 6) is 0.00556. The fourth-order valence-corrected chi connectivity index (χ4v) is 1.99. The molecule has 0 saturated carbocycles. The Kier molecular flexibility index (Phi) is 1.95. The molecule has 0 aliphatic carbocycles. The number of fused-ring (bicyclic) bond motifs is 1. The average molecular weight is 190 g/mol. The second-order valence-corrected chi connectivity index (χ2v) is 3.91. The highest BCUT2D eigenvalue weighted by molar-refractivity contribution is 5.75. The first kappa shape index (κ1) is 9.06. The number of carbonyl (C=O) groups is 1. The summed E-state index contributed by atoms with van der Waals surface area (Å²) in [6.45, 7) is 4.34. The van der Waals surface area contributed by atoms with Crippen molar-refractivity contribution in [3.63, 3.8) is 0 Å². The second kappa shape index (κ2) is 3.01. The van der Waals surface area contributed by atoms with E-state index in [1.807, 2.05) is 31.2 Å². The number of para-hydroxylation sites is 1. The largest absolute Gasteiger partial charge is 0.382 e. The molecule has 2 rings (SSSR count). The molecular weight excluding hydrogens is 176 g/mol. The monoisotopic (exact) mass is 190 g/mol. The molecule has 14 heavy (non-hydrogen) atoms. The quantitative estimate of drug-likeness (QED) is 0.704. The molecule has 0 saturated heterocycles. The van der Waals surface area contributed by atoms with Crippen LogP contribution in [-0.2, 0) is 10.3 Å². The highest BCUT2D eigenvalue weighted by Gasteiger charge is 2.34. The minimum absolute atomic E-state index is 0.00556. The maximum absolute atomic E-state index is 11.1. The average Bonchev–Trinajstić information content (AvgIpc) is 2.44. The van der Waals surface area contributed by atoms with Gasteiger partial charge in [0.25, 0.3) is 0 Å². The van der Waals surface area contributed by atoms with E-state index in [0.717, 1.165) is 17.8 Å². The topological polar surface area (TPSA) is 41.1 Å². The summed E-state index contributed by atoms with van der Waals surface area (Å²) in [4.78, 5) is 11.1. The normalized spacial score (nSPS) is 23.9. The molecule has 0 bridgehead atoms. The van der Waals surface area contributed by atoms with E-state index >= 15 is 0 Å². The molecule has 0 radical (unpaired) electrons. The Morgan fingerprint density at radius 3 is 2.93 bits per heavy atom. The van der Waals surface area contributed by atoms with Crippen LogP contribution in [0, 0.1) is 0 Å². The highest BCUT2D eigenvalue weighted by atomic mass is 16.1. The number of rotatable bonds is 1. The van der Waals surface area contributed by atoms with Gasteiger partial charge in [-0.2, -0.15) is 0 Å². The fraction of sp³-hybridized carbons (Fsp3) is 0.364. The number of hydrogen-bond donors (Lipinski definition) is 2. The van der Waals surface area contributed by atoms with E-state index in [-0.39, 0.29) is 11.4 Å². The molecule has 0 fully saturated rings. The van der Waals surface area contributed by atoms with Gasteiger partial charge < -0.3 is 10.6 Å². The van der Waals surface area contributed by atoms with Crippen molar-refractivity contribution < 1.29 is 4.79 Å². The maximum atomic E-state index is 11.1. The summed E-state index contributed by atoms with van der Waals surface area (Å²) in [5.41, 5.74) is 2.02. The van der Waals surface area contributed by atoms with Crippen LogP contribution in [0.2, 0.25) is 0 Å². The molecule has 1 aliphatic heterocycles. The van der Waals surface area contributed by atoms with E-state index in [1.165, 1.54) is 0 Å². The summed E-state index contributed by atoms with van der Waals surface area (Å²) < 4.78 is 0. The van der Waals surface area contributed by atoms with E-state index in [4.69, 9.17) is 0 Å². The summed E-state index contributed by atoms with van der Waals surface area (Å²) in [7, 11) is 0. The molecule has 2 N–H and O–H groups in total. The van der Waals surface area contributed by atoms with E-state index in [1.54, 1.807) is 6.92 Å². The number of benzene rings is 1. The van der Waals surface area contributed by atoms with Crippen molar-refractivity contribution in [3.8, 4) is 0 Å². The lowest BCUT2D eigenvalue weighted by Gasteiger charge is -2.24. The summed E-state index contributed by atoms with van der Waals surface area (Å²) >= 11 is 0. The van der Waals surface area contributed by atoms with Crippen LogP contribution >= 0.6 is 0 Å². The van der Waals surface area contributed by atoms with E-state index in [2.05, 4.69) is 10.6 Å². The molecule has 1 amide bonds. The zero-order valence-corrected chi connectivity index (χ0v) is 8.42. The minimum Gasteiger partial charge on any atom is -0.382 e. The zero-order chi connectivity index (χ0) is 10.2. The van der Waals surface area contributed by atoms with Gasteiger partial charge in [0.1, 0.15) is 0 Å². The van der Waals surface area contributed by atoms with Crippen LogP contribution in [0.25, 0.3) is 0 Å². The van der Waals surface area contributed by atoms with E-state index < -0.39 is 0 Å². The van der Waals surface area contributed by atoms with E-state index in [0.29, 0.717) is 0 Å². The van der Waals surface area contributed by atoms with Gasteiger partial charge in [0.05, 0.1) is 5.54 Å². The molecule has 1 aliphatic rings. The Labute approximate surface area is 83.5 Å². The molecule has 1 aromatic rings. The number of amides is 1. The number of anilines is 1. The van der Waals surface area contributed by atoms with Crippen LogP contribution in [0.15, 0.2) is 24.3 Å². The van der Waals surface area contributed by atoms with Crippen molar-refractivity contribution in [2.75, 3.05) is 11.9 Å². The molecule has 3 heteroatoms. The molecule has 1 atom stereocenters. The van der Waals surface area contributed by atoms with Crippen molar-refractivity contribution in [2.45, 2.75) is 19.4 Å². The SMILES string of the molecule is CC(=O)NC1(C)CNc2ccccc21. The smallest absolute Gasteiger partial charge is 0.217 e. The Morgan fingerprint density at radius 1 is 1.50 bits per heavy atom. The van der Waals surface area contributed by atoms with Crippen LogP contribution in [0.4, 0.5) is 5.69 Å². The van der Waals surface area contributed by atoms with Gasteiger partial charge in [-0.1, -0.05) is 18.2 Å². The summed E-state index contributed by atoms with van der Waals surface area (Å²) in [6, 6.07) is 8.06. The van der Waals surface area contributed by atoms with Gasteiger partial charge in [-0.15, -0.1) is 0 Å². The lowest BCUT2D eigenvalue weighted by Crippen LogP contribution is -2.43. The summed E-state index contributed by atoms with van der Waals surface area (Å²) in [6.07, 6.45) is 0. The van der Waals surface area contributed by atoms with Crippen LogP contribution in [0.1, 0.15) is 19.4 Å². The van der Waals surface area contributed by atoms with Gasteiger partial charge in [0.2, 0.25) is 5.91 Å². The van der Waals surface area contributed by atoms with Crippen molar-refractivity contribution in [1.29, 1.82) is 0 Å². The first-order chi connectivity index (χ1) is 6.62. The molecule has 1 aromatic carbocycles. The first-order valence-electron chi connectivity index (χ1n) is 4.74. The van der Waals surface area contributed by atoms with Gasteiger partial charge in [0, 0.05) is 24.7 Å². The third-order valence-electron chi connectivity index (χ3n) is 2.61. The fourth-order valence-electron chi connectivity index (χ4n) is 1.99. The molecule has 3 nitrogen and oxygen atoms in total. The molecule has 0 spiro atoms. The first-order valence-corrected chi connectivity index (χ1v) is 4.74. The summed E-state index contributed by atoms with van der Waals surface area (Å²) in [5, 5.41) is 6.25. The third kappa shape index (κ3) is 1.35. The number of carbonyl (C=O) groups excluding carboxylic acids is 1. The van der Waals surface area contributed by atoms with Gasteiger partial charge in [-0.25, -0.2) is 0 Å². The van der Waals surface area contributed by atoms with Crippen molar-refractivity contribution in [2.24, 2.45) is 0 Å². The minimum atomic E-state index is -0.261. The predicted octanol–water partition coefficient (Wildman–Crippen LogP) is 1.46. The zero-order valence-electron chi connectivity index (χ0n) is 8.42. The van der Waals surface area contributed by atoms with Gasteiger partial charge in [0.15, 0.2) is 0 Å². The van der Waals surface area contributed by atoms with Crippen molar-refractivity contribution >= 4 is 11.6 Å². The van der Waals surface area contributed by atoms with Crippen LogP contribution < -0.4 is 10.6 Å². The lowest BCUT2D eigenvalue weighted by atomic mass is 9.94. The standard InChI is InChI=1S/C11H14N2O/c1-8(14)13-11(2)7-12-10-6-4-3-5-9(10)11/h3-6,12H,7H2,1-2H3,(H,13,14). The molecule has 1 heterocycles. The van der Waals surface area contributed by atoms with Crippen LogP contribution in [0.5, 0.6) is 0 Å². The lowest BCUT2D eigenvalue weighted by molar-refractivity contribution is -0.120. The molecule has 1 unspecified atom stereocenters. The molecule has 74 valence electrons. The van der Waals surface area contributed by atoms with Crippen LogP contribution in [-0.4, -0.2) is 12.5 Å². The third-order valence-corrected chi connectivity index (χ3v) is 2.61. The number of hydrogen-bond acceptors (Lipinski definition) is 2. The molecular formula is C11H14N2O. The maximum Gasteiger partial charge on any atom is 0.217 e. The Morgan fingerprint density at radius 2 is 2.21 bits per heavy atom. The Hall–Kier alpha value is -1.51. The van der Waals surface area contributed by atoms with Crippen molar-refractivity contribution in [3.05, 3.63) is 29.8 Å². The number of nitrogens with one attached hydrogen (secondary N) is 2. The highest BCUT2D eigenvalue weighted by Crippen LogP contribution is 2.33. The predicted molar refractivity (Wildman–Crippen MR) is 56.1 cm³/mol. The molecule has 0 aromatic heterocycles. The Balaban J connectivity index is 2.37. The van der Waals surface area contributed by atoms with Gasteiger partial charge in [-0.05, 0) is 13.0 Å². The van der Waals surface area contributed by atoms with Gasteiger partial charge in [-0.3, -0.25) is 4.79 Å². The van der Waals surface area contributed by atoms with Crippen molar-refractivity contribution in [1.82, 2.24) is 5.32 Å².